The number of aliphatic imine (C=N–C) groups is 1. The molecule has 0 aromatic heterocycles. The lowest BCUT2D eigenvalue weighted by atomic mass is 10.2. The fraction of sp³-hybridized carbons (Fsp3) is 0.385. The van der Waals surface area contributed by atoms with Gasteiger partial charge >= 0.3 is 0 Å². The Morgan fingerprint density at radius 2 is 2.44 bits per heavy atom. The molecule has 0 aliphatic carbocycles. The summed E-state index contributed by atoms with van der Waals surface area (Å²) in [6.07, 6.45) is 2.34. The van der Waals surface area contributed by atoms with Crippen LogP contribution in [0, 0.1) is 11.3 Å². The zero-order chi connectivity index (χ0) is 13.0. The maximum Gasteiger partial charge on any atom is 0.161 e. The third kappa shape index (κ3) is 3.18. The summed E-state index contributed by atoms with van der Waals surface area (Å²) in [4.78, 5) is 4.45. The maximum atomic E-state index is 8.87. The van der Waals surface area contributed by atoms with Gasteiger partial charge in [0.05, 0.1) is 28.9 Å². The number of anilines is 1. The number of nitrogens with zero attached hydrogens (tertiary/aromatic N) is 2. The fourth-order valence-electron chi connectivity index (χ4n) is 1.76. The molecule has 2 rings (SSSR count). The number of amidine groups is 1. The van der Waals surface area contributed by atoms with Gasteiger partial charge in [0.25, 0.3) is 0 Å². The molecular weight excluding hydrogens is 266 g/mol. The molecule has 0 bridgehead atoms. The predicted octanol–water partition coefficient (Wildman–Crippen LogP) is 3.90. The van der Waals surface area contributed by atoms with Crippen LogP contribution in [0.15, 0.2) is 23.2 Å². The van der Waals surface area contributed by atoms with Crippen molar-refractivity contribution in [2.24, 2.45) is 4.99 Å². The minimum atomic E-state index is 0.565. The first-order valence-corrected chi connectivity index (χ1v) is 7.16. The zero-order valence-corrected chi connectivity index (χ0v) is 11.7. The van der Waals surface area contributed by atoms with E-state index in [2.05, 4.69) is 23.3 Å². The number of hydrogen-bond acceptors (Lipinski definition) is 4. The molecule has 18 heavy (non-hydrogen) atoms. The lowest BCUT2D eigenvalue weighted by Gasteiger charge is -2.09. The van der Waals surface area contributed by atoms with E-state index in [1.807, 2.05) is 0 Å². The van der Waals surface area contributed by atoms with E-state index >= 15 is 0 Å². The summed E-state index contributed by atoms with van der Waals surface area (Å²) < 4.78 is 0. The molecule has 1 heterocycles. The van der Waals surface area contributed by atoms with E-state index in [4.69, 9.17) is 16.9 Å². The summed E-state index contributed by atoms with van der Waals surface area (Å²) in [7, 11) is 0. The van der Waals surface area contributed by atoms with Crippen LogP contribution in [0.4, 0.5) is 5.69 Å². The van der Waals surface area contributed by atoms with Crippen molar-refractivity contribution in [3.05, 3.63) is 28.8 Å². The Kier molecular flexibility index (Phi) is 4.51. The Hall–Kier alpha value is -1.18. The molecular formula is C13H14ClN3S. The second-order valence-corrected chi connectivity index (χ2v) is 5.80. The Bertz CT molecular complexity index is 507. The topological polar surface area (TPSA) is 48.2 Å². The molecule has 94 valence electrons. The fourth-order valence-corrected chi connectivity index (χ4v) is 3.07. The average Bonchev–Trinajstić information content (AvgIpc) is 2.80. The van der Waals surface area contributed by atoms with Gasteiger partial charge < -0.3 is 5.32 Å². The molecule has 1 aromatic carbocycles. The van der Waals surface area contributed by atoms with Crippen molar-refractivity contribution < 1.29 is 0 Å². The highest BCUT2D eigenvalue weighted by Crippen LogP contribution is 2.29. The Labute approximate surface area is 116 Å². The van der Waals surface area contributed by atoms with Gasteiger partial charge in [-0.1, -0.05) is 36.7 Å². The molecule has 1 unspecified atom stereocenters. The largest absolute Gasteiger partial charge is 0.334 e. The van der Waals surface area contributed by atoms with Crippen molar-refractivity contribution in [2.75, 3.05) is 11.9 Å². The smallest absolute Gasteiger partial charge is 0.161 e. The summed E-state index contributed by atoms with van der Waals surface area (Å²) in [5, 5.41) is 14.1. The van der Waals surface area contributed by atoms with Crippen molar-refractivity contribution in [3.8, 4) is 6.07 Å². The second-order valence-electron chi connectivity index (χ2n) is 4.11. The minimum Gasteiger partial charge on any atom is -0.334 e. The summed E-state index contributed by atoms with van der Waals surface area (Å²) in [5.74, 6) is 0. The quantitative estimate of drug-likeness (QED) is 0.913. The number of hydrogen-bond donors (Lipinski definition) is 1. The molecule has 0 spiro atoms. The molecule has 3 nitrogen and oxygen atoms in total. The molecule has 1 aliphatic rings. The normalized spacial score (nSPS) is 18.3. The molecule has 1 aliphatic heterocycles. The first kappa shape index (κ1) is 13.3. The van der Waals surface area contributed by atoms with Crippen LogP contribution < -0.4 is 5.32 Å². The van der Waals surface area contributed by atoms with Crippen LogP contribution in [0.5, 0.6) is 0 Å². The van der Waals surface area contributed by atoms with Gasteiger partial charge in [-0.3, -0.25) is 4.99 Å². The van der Waals surface area contributed by atoms with Gasteiger partial charge in [0.1, 0.15) is 0 Å². The predicted molar refractivity (Wildman–Crippen MR) is 78.4 cm³/mol. The van der Waals surface area contributed by atoms with Gasteiger partial charge in [0.15, 0.2) is 5.17 Å². The molecule has 0 saturated carbocycles. The Morgan fingerprint density at radius 1 is 1.61 bits per heavy atom. The third-order valence-corrected chi connectivity index (χ3v) is 4.17. The van der Waals surface area contributed by atoms with Crippen LogP contribution in [-0.2, 0) is 0 Å². The van der Waals surface area contributed by atoms with Crippen LogP contribution in [0.25, 0.3) is 0 Å². The van der Waals surface area contributed by atoms with E-state index in [1.165, 1.54) is 12.8 Å². The summed E-state index contributed by atoms with van der Waals surface area (Å²) in [5.41, 5.74) is 1.34. The van der Waals surface area contributed by atoms with Gasteiger partial charge in [-0.2, -0.15) is 5.26 Å². The van der Waals surface area contributed by atoms with E-state index in [0.717, 1.165) is 17.4 Å². The molecule has 1 N–H and O–H groups in total. The summed E-state index contributed by atoms with van der Waals surface area (Å²) >= 11 is 7.84. The van der Waals surface area contributed by atoms with E-state index in [1.54, 1.807) is 30.0 Å². The number of halogens is 1. The first-order valence-electron chi connectivity index (χ1n) is 5.90. The van der Waals surface area contributed by atoms with Crippen LogP contribution in [0.1, 0.15) is 25.3 Å². The van der Waals surface area contributed by atoms with Gasteiger partial charge in [-0.15, -0.1) is 0 Å². The molecule has 0 radical (unpaired) electrons. The van der Waals surface area contributed by atoms with Gasteiger partial charge in [-0.25, -0.2) is 0 Å². The first-order chi connectivity index (χ1) is 8.72. The molecule has 1 atom stereocenters. The molecule has 1 aromatic rings. The highest BCUT2D eigenvalue weighted by Gasteiger charge is 2.19. The Morgan fingerprint density at radius 3 is 3.17 bits per heavy atom. The van der Waals surface area contributed by atoms with Crippen molar-refractivity contribution in [2.45, 2.75) is 25.0 Å². The zero-order valence-electron chi connectivity index (χ0n) is 10.1. The number of nitriles is 1. The highest BCUT2D eigenvalue weighted by molar-refractivity contribution is 8.15. The number of rotatable bonds is 3. The highest BCUT2D eigenvalue weighted by atomic mass is 35.5. The standard InChI is InChI=1S/C13H14ClN3S/c1-2-3-10-8-16-13(18-10)17-12-6-9(7-15)4-5-11(12)14/h4-6,10H,2-3,8H2,1H3,(H,16,17). The van der Waals surface area contributed by atoms with Gasteiger partial charge in [0.2, 0.25) is 0 Å². The molecule has 0 amide bonds. The van der Waals surface area contributed by atoms with Gasteiger partial charge in [-0.05, 0) is 24.6 Å². The monoisotopic (exact) mass is 279 g/mol. The SMILES string of the molecule is CCCC1CN=C(Nc2cc(C#N)ccc2Cl)S1. The second kappa shape index (κ2) is 6.12. The third-order valence-electron chi connectivity index (χ3n) is 2.66. The van der Waals surface area contributed by atoms with Crippen LogP contribution >= 0.6 is 23.4 Å². The Balaban J connectivity index is 2.05. The van der Waals surface area contributed by atoms with E-state index in [9.17, 15) is 0 Å². The lowest BCUT2D eigenvalue weighted by Crippen LogP contribution is -2.08. The average molecular weight is 280 g/mol. The van der Waals surface area contributed by atoms with Crippen molar-refractivity contribution >= 4 is 34.2 Å². The number of nitrogens with one attached hydrogen (secondary N) is 1. The van der Waals surface area contributed by atoms with E-state index in [-0.39, 0.29) is 0 Å². The van der Waals surface area contributed by atoms with Crippen molar-refractivity contribution in [1.82, 2.24) is 0 Å². The number of benzene rings is 1. The lowest BCUT2D eigenvalue weighted by molar-refractivity contribution is 0.754. The van der Waals surface area contributed by atoms with Crippen LogP contribution in [-0.4, -0.2) is 17.0 Å². The number of thioether (sulfide) groups is 1. The molecule has 0 fully saturated rings. The summed E-state index contributed by atoms with van der Waals surface area (Å²) in [6, 6.07) is 7.29. The van der Waals surface area contributed by atoms with Crippen LogP contribution in [0.2, 0.25) is 5.02 Å². The maximum absolute atomic E-state index is 8.87. The molecule has 0 saturated heterocycles. The van der Waals surface area contributed by atoms with Crippen molar-refractivity contribution in [1.29, 1.82) is 5.26 Å². The van der Waals surface area contributed by atoms with Crippen LogP contribution in [0.3, 0.4) is 0 Å². The van der Waals surface area contributed by atoms with Crippen molar-refractivity contribution in [3.63, 3.8) is 0 Å². The minimum absolute atomic E-state index is 0.565. The summed E-state index contributed by atoms with van der Waals surface area (Å²) in [6.45, 7) is 3.04. The molecule has 5 heteroatoms. The van der Waals surface area contributed by atoms with Gasteiger partial charge in [0, 0.05) is 5.25 Å². The van der Waals surface area contributed by atoms with E-state index < -0.39 is 0 Å². The van der Waals surface area contributed by atoms with E-state index in [0.29, 0.717) is 15.8 Å².